The van der Waals surface area contributed by atoms with Crippen LogP contribution < -0.4 is 4.74 Å². The Morgan fingerprint density at radius 2 is 1.84 bits per heavy atom. The second kappa shape index (κ2) is 9.44. The average molecular weight is 425 g/mol. The first-order valence-electron chi connectivity index (χ1n) is 11.4. The SMILES string of the molecule is COc1c(C)c(C)cc2c1C(Cc1ccc(C)c(C)c1)[N+](C)(CCCOC(C)=O)CC2. The Labute approximate surface area is 187 Å². The van der Waals surface area contributed by atoms with Crippen LogP contribution in [0.2, 0.25) is 0 Å². The summed E-state index contributed by atoms with van der Waals surface area (Å²) in [6.07, 6.45) is 2.87. The number of rotatable bonds is 7. The van der Waals surface area contributed by atoms with Crippen LogP contribution in [0.4, 0.5) is 0 Å². The molecule has 0 saturated carbocycles. The zero-order valence-corrected chi connectivity index (χ0v) is 20.3. The highest BCUT2D eigenvalue weighted by Crippen LogP contribution is 2.44. The number of benzene rings is 2. The van der Waals surface area contributed by atoms with Crippen LogP contribution in [0.3, 0.4) is 0 Å². The van der Waals surface area contributed by atoms with E-state index in [1.165, 1.54) is 45.9 Å². The quantitative estimate of drug-likeness (QED) is 0.349. The predicted molar refractivity (Wildman–Crippen MR) is 126 cm³/mol. The highest BCUT2D eigenvalue weighted by molar-refractivity contribution is 5.65. The molecule has 0 bridgehead atoms. The van der Waals surface area contributed by atoms with E-state index in [0.29, 0.717) is 12.6 Å². The van der Waals surface area contributed by atoms with E-state index in [1.807, 2.05) is 0 Å². The van der Waals surface area contributed by atoms with Crippen LogP contribution >= 0.6 is 0 Å². The fourth-order valence-corrected chi connectivity index (χ4v) is 5.04. The molecule has 0 radical (unpaired) electrons. The van der Waals surface area contributed by atoms with E-state index in [1.54, 1.807) is 7.11 Å². The van der Waals surface area contributed by atoms with E-state index in [0.717, 1.165) is 42.6 Å². The summed E-state index contributed by atoms with van der Waals surface area (Å²) in [4.78, 5) is 11.2. The lowest BCUT2D eigenvalue weighted by Crippen LogP contribution is -2.53. The zero-order chi connectivity index (χ0) is 22.8. The lowest BCUT2D eigenvalue weighted by Gasteiger charge is -2.46. The van der Waals surface area contributed by atoms with Crippen molar-refractivity contribution in [3.05, 3.63) is 63.2 Å². The van der Waals surface area contributed by atoms with Crippen LogP contribution in [0.25, 0.3) is 0 Å². The Bertz CT molecular complexity index is 965. The average Bonchev–Trinajstić information content (AvgIpc) is 2.72. The molecule has 1 aliphatic rings. The molecular weight excluding hydrogens is 386 g/mol. The maximum absolute atomic E-state index is 11.2. The van der Waals surface area contributed by atoms with Gasteiger partial charge in [-0.15, -0.1) is 0 Å². The first-order chi connectivity index (χ1) is 14.7. The van der Waals surface area contributed by atoms with Gasteiger partial charge in [-0.25, -0.2) is 0 Å². The molecule has 2 unspecified atom stereocenters. The molecule has 31 heavy (non-hydrogen) atoms. The third-order valence-electron chi connectivity index (χ3n) is 7.21. The number of methoxy groups -OCH3 is 1. The van der Waals surface area contributed by atoms with Crippen LogP contribution in [0.15, 0.2) is 24.3 Å². The van der Waals surface area contributed by atoms with E-state index < -0.39 is 0 Å². The largest absolute Gasteiger partial charge is 0.496 e. The first-order valence-corrected chi connectivity index (χ1v) is 11.4. The van der Waals surface area contributed by atoms with Crippen molar-refractivity contribution in [2.45, 2.75) is 59.9 Å². The van der Waals surface area contributed by atoms with Gasteiger partial charge in [0.25, 0.3) is 0 Å². The predicted octanol–water partition coefficient (Wildman–Crippen LogP) is 5.17. The molecule has 0 aromatic heterocycles. The van der Waals surface area contributed by atoms with Gasteiger partial charge in [0.05, 0.1) is 39.4 Å². The molecule has 2 aromatic rings. The minimum atomic E-state index is -0.203. The summed E-state index contributed by atoms with van der Waals surface area (Å²) in [6, 6.07) is 9.51. The minimum absolute atomic E-state index is 0.203. The Kier molecular flexibility index (Phi) is 7.10. The summed E-state index contributed by atoms with van der Waals surface area (Å²) in [5.74, 6) is 0.846. The van der Waals surface area contributed by atoms with Gasteiger partial charge in [-0.2, -0.15) is 0 Å². The molecule has 2 atom stereocenters. The van der Waals surface area contributed by atoms with Gasteiger partial charge in [-0.1, -0.05) is 24.3 Å². The van der Waals surface area contributed by atoms with Crippen molar-refractivity contribution >= 4 is 5.97 Å². The van der Waals surface area contributed by atoms with Gasteiger partial charge >= 0.3 is 5.97 Å². The standard InChI is InChI=1S/C27H38NO3/c1-18-9-10-23(15-19(18)2)17-25-26-24(16-20(3)21(4)27(26)30-7)11-13-28(25,6)12-8-14-31-22(5)29/h9-10,15-16,25H,8,11-14,17H2,1-7H3/q+1. The summed E-state index contributed by atoms with van der Waals surface area (Å²) in [5.41, 5.74) is 9.35. The van der Waals surface area contributed by atoms with Crippen LogP contribution in [-0.2, 0) is 22.4 Å². The molecule has 0 amide bonds. The molecule has 4 heteroatoms. The molecule has 1 aliphatic heterocycles. The molecule has 3 rings (SSSR count). The van der Waals surface area contributed by atoms with Crippen molar-refractivity contribution in [3.63, 3.8) is 0 Å². The van der Waals surface area contributed by atoms with E-state index in [2.05, 4.69) is 59.0 Å². The summed E-state index contributed by atoms with van der Waals surface area (Å²) >= 11 is 0. The Morgan fingerprint density at radius 3 is 2.48 bits per heavy atom. The molecule has 1 heterocycles. The van der Waals surface area contributed by atoms with E-state index in [-0.39, 0.29) is 5.97 Å². The Hall–Kier alpha value is -2.33. The van der Waals surface area contributed by atoms with Gasteiger partial charge in [-0.05, 0) is 61.1 Å². The molecule has 4 nitrogen and oxygen atoms in total. The number of quaternary nitrogens is 1. The highest BCUT2D eigenvalue weighted by atomic mass is 16.5. The lowest BCUT2D eigenvalue weighted by atomic mass is 9.83. The van der Waals surface area contributed by atoms with Crippen molar-refractivity contribution in [2.24, 2.45) is 0 Å². The third kappa shape index (κ3) is 4.95. The number of aryl methyl sites for hydroxylation is 3. The van der Waals surface area contributed by atoms with Gasteiger partial charge in [0, 0.05) is 26.2 Å². The van der Waals surface area contributed by atoms with E-state index >= 15 is 0 Å². The molecule has 0 saturated heterocycles. The second-order valence-electron chi connectivity index (χ2n) is 9.43. The fourth-order valence-electron chi connectivity index (χ4n) is 5.04. The van der Waals surface area contributed by atoms with Crippen LogP contribution in [0, 0.1) is 27.7 Å². The maximum Gasteiger partial charge on any atom is 0.302 e. The number of likely N-dealkylation sites (N-methyl/N-ethyl adjacent to an activating group) is 1. The van der Waals surface area contributed by atoms with Crippen LogP contribution in [0.1, 0.15) is 58.3 Å². The fraction of sp³-hybridized carbons (Fsp3) is 0.519. The number of hydrogen-bond donors (Lipinski definition) is 0. The molecule has 168 valence electrons. The second-order valence-corrected chi connectivity index (χ2v) is 9.43. The minimum Gasteiger partial charge on any atom is -0.496 e. The van der Waals surface area contributed by atoms with Crippen LogP contribution in [-0.4, -0.2) is 44.3 Å². The van der Waals surface area contributed by atoms with Crippen molar-refractivity contribution in [2.75, 3.05) is 33.9 Å². The number of ether oxygens (including phenoxy) is 2. The number of esters is 1. The maximum atomic E-state index is 11.2. The lowest BCUT2D eigenvalue weighted by molar-refractivity contribution is -0.941. The van der Waals surface area contributed by atoms with E-state index in [9.17, 15) is 4.79 Å². The first kappa shape index (κ1) is 23.3. The number of carbonyl (C=O) groups is 1. The van der Waals surface area contributed by atoms with Gasteiger partial charge < -0.3 is 14.0 Å². The molecule has 0 fully saturated rings. The van der Waals surface area contributed by atoms with Gasteiger partial charge in [0.1, 0.15) is 11.8 Å². The van der Waals surface area contributed by atoms with Gasteiger partial charge in [0.15, 0.2) is 0 Å². The third-order valence-corrected chi connectivity index (χ3v) is 7.21. The highest BCUT2D eigenvalue weighted by Gasteiger charge is 2.41. The van der Waals surface area contributed by atoms with Crippen molar-refractivity contribution in [3.8, 4) is 5.75 Å². The topological polar surface area (TPSA) is 35.5 Å². The molecule has 0 spiro atoms. The monoisotopic (exact) mass is 424 g/mol. The Morgan fingerprint density at radius 1 is 1.10 bits per heavy atom. The summed E-state index contributed by atoms with van der Waals surface area (Å²) in [6.45, 7) is 12.7. The van der Waals surface area contributed by atoms with Crippen LogP contribution in [0.5, 0.6) is 5.75 Å². The molecule has 0 aliphatic carbocycles. The van der Waals surface area contributed by atoms with Crippen molar-refractivity contribution in [1.29, 1.82) is 0 Å². The number of carbonyl (C=O) groups excluding carboxylic acids is 1. The van der Waals surface area contributed by atoms with Gasteiger partial charge in [-0.3, -0.25) is 4.79 Å². The summed E-state index contributed by atoms with van der Waals surface area (Å²) in [5, 5.41) is 0. The normalized spacial score (nSPS) is 20.3. The van der Waals surface area contributed by atoms with Gasteiger partial charge in [0.2, 0.25) is 0 Å². The molecule has 0 N–H and O–H groups in total. The van der Waals surface area contributed by atoms with Crippen molar-refractivity contribution < 1.29 is 18.8 Å². The summed E-state index contributed by atoms with van der Waals surface area (Å²) < 4.78 is 12.2. The number of fused-ring (bicyclic) bond motifs is 1. The summed E-state index contributed by atoms with van der Waals surface area (Å²) in [7, 11) is 4.16. The number of hydrogen-bond acceptors (Lipinski definition) is 3. The molecule has 2 aromatic carbocycles. The zero-order valence-electron chi connectivity index (χ0n) is 20.3. The smallest absolute Gasteiger partial charge is 0.302 e. The van der Waals surface area contributed by atoms with E-state index in [4.69, 9.17) is 9.47 Å². The Balaban J connectivity index is 2.03. The van der Waals surface area contributed by atoms with Crippen molar-refractivity contribution in [1.82, 2.24) is 0 Å². The number of nitrogens with zero attached hydrogens (tertiary/aromatic N) is 1. The molecular formula is C27H38NO3+.